The van der Waals surface area contributed by atoms with Gasteiger partial charge < -0.3 is 0 Å². The SMILES string of the molecule is CC1CCC2C3CCC4C(=O)C5CCC6C7CCC8C9CC%10C%11CCC(C)C%12C%13C(C)CCC%14C%15CCC%16C(=O)C%17CCC%18C%19CCC%20C%21CC%22C%23CCC(C)C%24C1C2C1C(C%23%24)C2C%22C(C%21C9C9C%20C%19C%19C%20C%18C%17C%16C%15C%20C(C%14%13)C(C%11%12)C%19C%109)C8C7C2C2C6C5C4C3C12. The number of carbonyl (C=O) groups is 2. The minimum absolute atomic E-state index is 0.483. The molecule has 0 aliphatic heterocycles. The van der Waals surface area contributed by atoms with Gasteiger partial charge in [0.1, 0.15) is 11.6 Å². The van der Waals surface area contributed by atoms with Gasteiger partial charge in [0.05, 0.1) is 0 Å². The molecule has 0 heterocycles. The number of hydrogen-bond donors (Lipinski definition) is 0. The lowest BCUT2D eigenvalue weighted by molar-refractivity contribution is -0.402. The van der Waals surface area contributed by atoms with Crippen LogP contribution in [0.3, 0.4) is 0 Å². The number of rotatable bonds is 0. The Hall–Kier alpha value is -0.660. The summed E-state index contributed by atoms with van der Waals surface area (Å²) < 4.78 is 0. The summed E-state index contributed by atoms with van der Waals surface area (Å²) in [5.74, 6) is 63.8. The van der Waals surface area contributed by atoms with E-state index in [-0.39, 0.29) is 0 Å². The van der Waals surface area contributed by atoms with E-state index < -0.39 is 0 Å². The Morgan fingerprint density at radius 2 is 0.293 bits per heavy atom. The molecule has 0 bridgehead atoms. The maximum absolute atomic E-state index is 15.6. The minimum atomic E-state index is 0.483. The summed E-state index contributed by atoms with van der Waals surface area (Å²) in [5, 5.41) is 0. The van der Waals surface area contributed by atoms with Crippen molar-refractivity contribution in [1.82, 2.24) is 0 Å². The second kappa shape index (κ2) is 15.8. The largest absolute Gasteiger partial charge is 0.299 e. The van der Waals surface area contributed by atoms with Gasteiger partial charge in [-0.15, -0.1) is 0 Å². The van der Waals surface area contributed by atoms with Crippen LogP contribution in [-0.4, -0.2) is 11.6 Å². The molecule has 30 aliphatic carbocycles. The van der Waals surface area contributed by atoms with Gasteiger partial charge in [-0.1, -0.05) is 53.4 Å². The minimum Gasteiger partial charge on any atom is -0.299 e. The summed E-state index contributed by atoms with van der Waals surface area (Å²) in [7, 11) is 0. The fourth-order valence-electron chi connectivity index (χ4n) is 50.1. The lowest BCUT2D eigenvalue weighted by atomic mass is 9.17. The van der Waals surface area contributed by atoms with Gasteiger partial charge in [-0.25, -0.2) is 0 Å². The Labute approximate surface area is 553 Å². The maximum atomic E-state index is 15.6. The van der Waals surface area contributed by atoms with Gasteiger partial charge in [0.2, 0.25) is 0 Å². The number of hydrogen-bond acceptors (Lipinski definition) is 2. The molecule has 62 unspecified atom stereocenters. The average molecular weight is 1230 g/mol. The Balaban J connectivity index is 0.654. The fourth-order valence-corrected chi connectivity index (χ4v) is 50.1. The highest BCUT2D eigenvalue weighted by Crippen LogP contribution is 2.93. The van der Waals surface area contributed by atoms with E-state index in [9.17, 15) is 0 Å². The fraction of sp³-hybridized carbons (Fsp3) is 0.978. The zero-order chi connectivity index (χ0) is 58.5. The number of ketones is 2. The van der Waals surface area contributed by atoms with Gasteiger partial charge in [0.15, 0.2) is 0 Å². The molecule has 30 aliphatic rings. The molecule has 0 aromatic heterocycles. The van der Waals surface area contributed by atoms with E-state index in [2.05, 4.69) is 27.7 Å². The van der Waals surface area contributed by atoms with Gasteiger partial charge in [-0.3, -0.25) is 9.59 Å². The van der Waals surface area contributed by atoms with Gasteiger partial charge in [0, 0.05) is 23.7 Å². The number of Topliss-reactive ketones (excluding diaryl/α,β-unsaturated/α-hetero) is 2. The van der Waals surface area contributed by atoms with Gasteiger partial charge in [0.25, 0.3) is 0 Å². The molecule has 490 valence electrons. The predicted molar refractivity (Wildman–Crippen MR) is 351 cm³/mol. The molecule has 0 radical (unpaired) electrons. The molecule has 92 heavy (non-hydrogen) atoms. The van der Waals surface area contributed by atoms with Crippen molar-refractivity contribution in [2.45, 2.75) is 169 Å². The zero-order valence-electron chi connectivity index (χ0n) is 57.2. The summed E-state index contributed by atoms with van der Waals surface area (Å²) in [6, 6.07) is 0. The van der Waals surface area contributed by atoms with Crippen LogP contribution in [0.25, 0.3) is 0 Å². The van der Waals surface area contributed by atoms with Crippen LogP contribution in [-0.2, 0) is 9.59 Å². The third-order valence-corrected chi connectivity index (χ3v) is 48.1. The Kier molecular flexibility index (Phi) is 8.86. The highest BCUT2D eigenvalue weighted by atomic mass is 16.1. The number of fused-ring (bicyclic) bond motifs is 10. The standard InChI is InChI=1S/C90H118O2/c1-27-5-9-31-35-17-21-43-67-61(35)83-77-55(31)51(27)53-29(3)7-11-39-49-25-47-41-15-14-34-38-20-24-46-70-64(38)86-82-60(34)66(41)76-72-48(42-16-13-33-37-19-23-45(89(43)91)69(67)63(37)85(83)81-59(33)65(42)75(71(47)72)73(49)87(81)79(77)57(39)53)26-50-40-12-8-30(4)54-52-28(2)6-10-32-36-18-22-44(90(46)92)68(70)62(36)84(86)78(56(32)52)80(58(40)54)88(82)74(50)76/h27-88H,5-26H2,1-4H3. The molecule has 0 aromatic rings. The van der Waals surface area contributed by atoms with Crippen molar-refractivity contribution < 1.29 is 9.59 Å². The summed E-state index contributed by atoms with van der Waals surface area (Å²) in [6.07, 6.45) is 34.4. The van der Waals surface area contributed by atoms with Crippen LogP contribution in [0.4, 0.5) is 0 Å². The topological polar surface area (TPSA) is 34.1 Å². The highest BCUT2D eigenvalue weighted by molar-refractivity contribution is 5.88. The van der Waals surface area contributed by atoms with E-state index >= 15 is 9.59 Å². The van der Waals surface area contributed by atoms with Crippen LogP contribution in [0.1, 0.15) is 169 Å². The summed E-state index contributed by atoms with van der Waals surface area (Å²) in [5.41, 5.74) is 0. The summed E-state index contributed by atoms with van der Waals surface area (Å²) in [6.45, 7) is 11.7. The predicted octanol–water partition coefficient (Wildman–Crippen LogP) is 17.4. The van der Waals surface area contributed by atoms with Crippen molar-refractivity contribution in [3.05, 3.63) is 0 Å². The Bertz CT molecular complexity index is 3210. The van der Waals surface area contributed by atoms with Crippen molar-refractivity contribution in [2.75, 3.05) is 0 Å². The normalized spacial score (nSPS) is 79.5. The van der Waals surface area contributed by atoms with Crippen LogP contribution in [0, 0.1) is 367 Å². The molecule has 0 spiro atoms. The molecule has 30 rings (SSSR count). The van der Waals surface area contributed by atoms with Crippen LogP contribution < -0.4 is 0 Å². The van der Waals surface area contributed by atoms with Gasteiger partial charge >= 0.3 is 0 Å². The third kappa shape index (κ3) is 4.79. The molecule has 0 aromatic carbocycles. The second-order valence-electron chi connectivity index (χ2n) is 45.9. The average Bonchev–Trinajstić information content (AvgIpc) is 0.865. The molecule has 30 fully saturated rings. The first-order valence-corrected chi connectivity index (χ1v) is 44.3. The van der Waals surface area contributed by atoms with E-state index in [0.717, 1.165) is 355 Å². The van der Waals surface area contributed by atoms with Crippen LogP contribution >= 0.6 is 0 Å². The monoisotopic (exact) mass is 1230 g/mol. The van der Waals surface area contributed by atoms with E-state index in [1.54, 1.807) is 89.9 Å². The molecule has 2 nitrogen and oxygen atoms in total. The highest BCUT2D eigenvalue weighted by Gasteiger charge is 2.89. The van der Waals surface area contributed by atoms with Crippen molar-refractivity contribution >= 4 is 11.6 Å². The lowest BCUT2D eigenvalue weighted by Crippen LogP contribution is -2.83. The number of carbonyl (C=O) groups excluding carboxylic acids is 2. The Morgan fingerprint density at radius 3 is 0.522 bits per heavy atom. The quantitative estimate of drug-likeness (QED) is 0.242. The van der Waals surface area contributed by atoms with E-state index in [1.807, 2.05) is 0 Å². The second-order valence-corrected chi connectivity index (χ2v) is 45.9. The van der Waals surface area contributed by atoms with Gasteiger partial charge in [-0.2, -0.15) is 0 Å². The van der Waals surface area contributed by atoms with E-state index in [4.69, 9.17) is 0 Å². The van der Waals surface area contributed by atoms with Crippen molar-refractivity contribution in [3.63, 3.8) is 0 Å². The van der Waals surface area contributed by atoms with Crippen molar-refractivity contribution in [2.24, 2.45) is 367 Å². The smallest absolute Gasteiger partial charge is 0.139 e. The molecule has 62 atom stereocenters. The molecule has 2 heteroatoms. The molecule has 30 saturated carbocycles. The van der Waals surface area contributed by atoms with Crippen molar-refractivity contribution in [1.29, 1.82) is 0 Å². The third-order valence-electron chi connectivity index (χ3n) is 48.1. The summed E-state index contributed by atoms with van der Waals surface area (Å²) >= 11 is 0. The first kappa shape index (κ1) is 51.5. The molecule has 0 saturated heterocycles. The molecular formula is C90H118O2. The molecular weight excluding hydrogens is 1110 g/mol. The van der Waals surface area contributed by atoms with Crippen LogP contribution in [0.2, 0.25) is 0 Å². The van der Waals surface area contributed by atoms with Gasteiger partial charge in [-0.05, 0) is 459 Å². The van der Waals surface area contributed by atoms with Crippen LogP contribution in [0.5, 0.6) is 0 Å². The maximum Gasteiger partial charge on any atom is 0.139 e. The molecule has 0 N–H and O–H groups in total. The van der Waals surface area contributed by atoms with Crippen LogP contribution in [0.15, 0.2) is 0 Å². The Morgan fingerprint density at radius 1 is 0.152 bits per heavy atom. The first-order valence-electron chi connectivity index (χ1n) is 44.3. The first-order chi connectivity index (χ1) is 45.3. The lowest BCUT2D eigenvalue weighted by Gasteiger charge is -2.87. The van der Waals surface area contributed by atoms with E-state index in [1.165, 1.54) is 51.4 Å². The summed E-state index contributed by atoms with van der Waals surface area (Å²) in [4.78, 5) is 31.1. The molecule has 0 amide bonds. The van der Waals surface area contributed by atoms with Crippen molar-refractivity contribution in [3.8, 4) is 0 Å². The zero-order valence-corrected chi connectivity index (χ0v) is 57.2. The van der Waals surface area contributed by atoms with E-state index in [0.29, 0.717) is 23.7 Å².